The number of H-pyrrole nitrogens is 1. The molecule has 1 aliphatic heterocycles. The molecule has 2 heterocycles. The van der Waals surface area contributed by atoms with Crippen LogP contribution in [0.2, 0.25) is 0 Å². The van der Waals surface area contributed by atoms with Gasteiger partial charge in [-0.15, -0.1) is 0 Å². The summed E-state index contributed by atoms with van der Waals surface area (Å²) in [5, 5.41) is 8.56. The number of carboxylic acids is 1. The van der Waals surface area contributed by atoms with Crippen LogP contribution in [-0.4, -0.2) is 33.4 Å². The molecule has 5 heteroatoms. The monoisotopic (exact) mass is 264 g/mol. The van der Waals surface area contributed by atoms with Gasteiger partial charge in [0, 0.05) is 31.3 Å². The van der Waals surface area contributed by atoms with Gasteiger partial charge in [0.15, 0.2) is 0 Å². The number of nitrogens with zero attached hydrogens (tertiary/aromatic N) is 1. The van der Waals surface area contributed by atoms with Crippen LogP contribution in [0.15, 0.2) is 18.3 Å². The minimum Gasteiger partial charge on any atom is -0.481 e. The van der Waals surface area contributed by atoms with Gasteiger partial charge in [0.2, 0.25) is 5.91 Å². The molecule has 0 aliphatic carbocycles. The lowest BCUT2D eigenvalue weighted by molar-refractivity contribution is -0.137. The van der Waals surface area contributed by atoms with E-state index in [9.17, 15) is 9.59 Å². The zero-order valence-electron chi connectivity index (χ0n) is 11.0. The van der Waals surface area contributed by atoms with Crippen LogP contribution < -0.4 is 0 Å². The van der Waals surface area contributed by atoms with Gasteiger partial charge in [-0.05, 0) is 37.8 Å². The van der Waals surface area contributed by atoms with Crippen LogP contribution in [-0.2, 0) is 9.59 Å². The van der Waals surface area contributed by atoms with Crippen molar-refractivity contribution in [2.24, 2.45) is 0 Å². The van der Waals surface area contributed by atoms with Gasteiger partial charge in [-0.2, -0.15) is 0 Å². The van der Waals surface area contributed by atoms with Crippen LogP contribution in [0, 0.1) is 0 Å². The largest absolute Gasteiger partial charge is 0.481 e. The number of hydrogen-bond donors (Lipinski definition) is 2. The molecule has 2 rings (SSSR count). The molecule has 1 amide bonds. The van der Waals surface area contributed by atoms with Crippen molar-refractivity contribution in [3.63, 3.8) is 0 Å². The number of amides is 1. The topological polar surface area (TPSA) is 73.4 Å². The third kappa shape index (κ3) is 3.59. The number of carboxylic acid groups (broad SMARTS) is 1. The van der Waals surface area contributed by atoms with E-state index < -0.39 is 5.97 Å². The summed E-state index contributed by atoms with van der Waals surface area (Å²) in [6, 6.07) is 4.13. The quantitative estimate of drug-likeness (QED) is 0.774. The Bertz CT molecular complexity index is 428. The molecule has 0 radical (unpaired) electrons. The first kappa shape index (κ1) is 13.6. The molecule has 19 heavy (non-hydrogen) atoms. The molecule has 1 aromatic heterocycles. The van der Waals surface area contributed by atoms with E-state index in [0.29, 0.717) is 19.3 Å². The van der Waals surface area contributed by atoms with Gasteiger partial charge in [-0.1, -0.05) is 0 Å². The van der Waals surface area contributed by atoms with Crippen molar-refractivity contribution >= 4 is 11.9 Å². The molecule has 1 aliphatic rings. The number of aromatic nitrogens is 1. The molecule has 1 unspecified atom stereocenters. The number of rotatable bonds is 6. The molecule has 0 saturated carbocycles. The molecular formula is C14H20N2O3. The Kier molecular flexibility index (Phi) is 4.60. The third-order valence-corrected chi connectivity index (χ3v) is 3.59. The Hall–Kier alpha value is -1.78. The van der Waals surface area contributed by atoms with E-state index in [1.165, 1.54) is 0 Å². The van der Waals surface area contributed by atoms with Crippen LogP contribution >= 0.6 is 0 Å². The number of aliphatic carboxylic acids is 1. The highest BCUT2D eigenvalue weighted by atomic mass is 16.4. The summed E-state index contributed by atoms with van der Waals surface area (Å²) < 4.78 is 0. The van der Waals surface area contributed by atoms with Crippen LogP contribution in [0.25, 0.3) is 0 Å². The van der Waals surface area contributed by atoms with Gasteiger partial charge in [0.1, 0.15) is 0 Å². The first-order valence-electron chi connectivity index (χ1n) is 6.83. The van der Waals surface area contributed by atoms with Gasteiger partial charge >= 0.3 is 5.97 Å². The Labute approximate surface area is 112 Å². The highest BCUT2D eigenvalue weighted by molar-refractivity contribution is 5.77. The molecule has 0 aromatic carbocycles. The van der Waals surface area contributed by atoms with E-state index >= 15 is 0 Å². The zero-order valence-corrected chi connectivity index (χ0v) is 11.0. The minimum atomic E-state index is -0.794. The van der Waals surface area contributed by atoms with Crippen molar-refractivity contribution < 1.29 is 14.7 Å². The second-order valence-corrected chi connectivity index (χ2v) is 4.97. The van der Waals surface area contributed by atoms with E-state index in [2.05, 4.69) is 4.98 Å². The second kappa shape index (κ2) is 6.41. The van der Waals surface area contributed by atoms with E-state index in [1.807, 2.05) is 23.2 Å². The van der Waals surface area contributed by atoms with E-state index in [-0.39, 0.29) is 18.4 Å². The fourth-order valence-corrected chi connectivity index (χ4v) is 2.64. The zero-order chi connectivity index (χ0) is 13.7. The molecule has 1 aromatic rings. The number of carbonyl (C=O) groups excluding carboxylic acids is 1. The van der Waals surface area contributed by atoms with Gasteiger partial charge in [0.05, 0.1) is 6.04 Å². The maximum Gasteiger partial charge on any atom is 0.303 e. The number of carbonyl (C=O) groups is 2. The molecule has 0 bridgehead atoms. The maximum atomic E-state index is 12.2. The van der Waals surface area contributed by atoms with Crippen molar-refractivity contribution in [2.45, 2.75) is 44.6 Å². The molecule has 1 saturated heterocycles. The first-order chi connectivity index (χ1) is 9.18. The molecule has 1 fully saturated rings. The minimum absolute atomic E-state index is 0.141. The summed E-state index contributed by atoms with van der Waals surface area (Å²) in [6.07, 6.45) is 5.73. The maximum absolute atomic E-state index is 12.2. The number of likely N-dealkylation sites (tertiary alicyclic amines) is 1. The van der Waals surface area contributed by atoms with Crippen molar-refractivity contribution in [3.05, 3.63) is 24.0 Å². The number of unbranched alkanes of at least 4 members (excludes halogenated alkanes) is 1. The smallest absolute Gasteiger partial charge is 0.303 e. The lowest BCUT2D eigenvalue weighted by Gasteiger charge is -2.24. The molecule has 2 N–H and O–H groups in total. The number of nitrogens with one attached hydrogen (secondary N) is 1. The predicted molar refractivity (Wildman–Crippen MR) is 70.6 cm³/mol. The van der Waals surface area contributed by atoms with Crippen molar-refractivity contribution in [1.82, 2.24) is 9.88 Å². The second-order valence-electron chi connectivity index (χ2n) is 4.97. The van der Waals surface area contributed by atoms with Gasteiger partial charge in [0.25, 0.3) is 0 Å². The predicted octanol–water partition coefficient (Wildman–Crippen LogP) is 2.32. The molecule has 5 nitrogen and oxygen atoms in total. The fourth-order valence-electron chi connectivity index (χ4n) is 2.64. The molecular weight excluding hydrogens is 244 g/mol. The molecule has 0 spiro atoms. The summed E-state index contributed by atoms with van der Waals surface area (Å²) in [6.45, 7) is 0.807. The Balaban J connectivity index is 1.83. The van der Waals surface area contributed by atoms with Gasteiger partial charge in [-0.25, -0.2) is 0 Å². The average Bonchev–Trinajstić information content (AvgIpc) is 3.02. The Morgan fingerprint density at radius 2 is 2.16 bits per heavy atom. The summed E-state index contributed by atoms with van der Waals surface area (Å²) >= 11 is 0. The lowest BCUT2D eigenvalue weighted by Crippen LogP contribution is -2.30. The lowest BCUT2D eigenvalue weighted by atomic mass is 10.1. The van der Waals surface area contributed by atoms with Gasteiger partial charge in [-0.3, -0.25) is 9.59 Å². The average molecular weight is 264 g/mol. The summed E-state index contributed by atoms with van der Waals surface area (Å²) in [5.74, 6) is -0.652. The molecule has 104 valence electrons. The van der Waals surface area contributed by atoms with Crippen molar-refractivity contribution in [1.29, 1.82) is 0 Å². The van der Waals surface area contributed by atoms with Crippen LogP contribution in [0.3, 0.4) is 0 Å². The molecule has 1 atom stereocenters. The third-order valence-electron chi connectivity index (χ3n) is 3.59. The summed E-state index contributed by atoms with van der Waals surface area (Å²) in [5.41, 5.74) is 1.09. The standard InChI is InChI=1S/C14H20N2O3/c17-13(7-1-2-8-14(18)19)16-10-4-6-12(16)11-5-3-9-15-11/h3,5,9,12,15H,1-2,4,6-8,10H2,(H,18,19). The highest BCUT2D eigenvalue weighted by Crippen LogP contribution is 2.31. The number of hydrogen-bond acceptors (Lipinski definition) is 2. The summed E-state index contributed by atoms with van der Waals surface area (Å²) in [7, 11) is 0. The van der Waals surface area contributed by atoms with Crippen molar-refractivity contribution in [2.75, 3.05) is 6.54 Å². The van der Waals surface area contributed by atoms with E-state index in [0.717, 1.165) is 25.1 Å². The summed E-state index contributed by atoms with van der Waals surface area (Å²) in [4.78, 5) is 27.7. The van der Waals surface area contributed by atoms with Crippen LogP contribution in [0.4, 0.5) is 0 Å². The van der Waals surface area contributed by atoms with E-state index in [1.54, 1.807) is 0 Å². The van der Waals surface area contributed by atoms with Gasteiger partial charge < -0.3 is 15.0 Å². The van der Waals surface area contributed by atoms with Crippen molar-refractivity contribution in [3.8, 4) is 0 Å². The van der Waals surface area contributed by atoms with Crippen LogP contribution in [0.5, 0.6) is 0 Å². The Morgan fingerprint density at radius 3 is 2.84 bits per heavy atom. The SMILES string of the molecule is O=C(O)CCCCC(=O)N1CCCC1c1ccc[nH]1. The van der Waals surface area contributed by atoms with Crippen LogP contribution in [0.1, 0.15) is 50.3 Å². The highest BCUT2D eigenvalue weighted by Gasteiger charge is 2.29. The normalized spacial score (nSPS) is 18.7. The first-order valence-corrected chi connectivity index (χ1v) is 6.83. The fraction of sp³-hybridized carbons (Fsp3) is 0.571. The Morgan fingerprint density at radius 1 is 1.37 bits per heavy atom. The number of aromatic amines is 1. The van der Waals surface area contributed by atoms with E-state index in [4.69, 9.17) is 5.11 Å².